The third-order valence-corrected chi connectivity index (χ3v) is 6.68. The maximum Gasteiger partial charge on any atom is 0.161 e. The normalized spacial score (nSPS) is 33.9. The molecule has 0 aromatic heterocycles. The van der Waals surface area contributed by atoms with E-state index in [1.165, 1.54) is 5.56 Å². The summed E-state index contributed by atoms with van der Waals surface area (Å²) in [5, 5.41) is 11.1. The zero-order chi connectivity index (χ0) is 17.8. The highest BCUT2D eigenvalue weighted by Crippen LogP contribution is 2.59. The Morgan fingerprint density at radius 1 is 1.20 bits per heavy atom. The lowest BCUT2D eigenvalue weighted by Crippen LogP contribution is -2.64. The van der Waals surface area contributed by atoms with E-state index in [4.69, 9.17) is 14.2 Å². The Morgan fingerprint density at radius 2 is 2.00 bits per heavy atom. The third-order valence-electron chi connectivity index (χ3n) is 6.68. The molecule has 2 bridgehead atoms. The first-order valence-corrected chi connectivity index (χ1v) is 8.94. The molecule has 4 atom stereocenters. The van der Waals surface area contributed by atoms with Crippen LogP contribution in [0.4, 0.5) is 0 Å². The van der Waals surface area contributed by atoms with Crippen LogP contribution < -0.4 is 4.74 Å². The minimum absolute atomic E-state index is 0.190. The van der Waals surface area contributed by atoms with E-state index in [1.807, 2.05) is 6.07 Å². The molecule has 1 N–H and O–H groups in total. The molecule has 0 radical (unpaired) electrons. The number of allylic oxidation sites excluding steroid dienone is 1. The van der Waals surface area contributed by atoms with E-state index in [1.54, 1.807) is 21.3 Å². The number of phenolic OH excluding ortho intramolecular Hbond substituents is 1. The van der Waals surface area contributed by atoms with Crippen molar-refractivity contribution in [2.24, 2.45) is 5.92 Å². The average molecular weight is 345 g/mol. The molecule has 4 rings (SSSR count). The molecule has 25 heavy (non-hydrogen) atoms. The van der Waals surface area contributed by atoms with Gasteiger partial charge in [-0.1, -0.05) is 6.07 Å². The Balaban J connectivity index is 2.00. The molecule has 0 amide bonds. The van der Waals surface area contributed by atoms with Gasteiger partial charge in [-0.05, 0) is 56.5 Å². The van der Waals surface area contributed by atoms with Crippen LogP contribution in [0.25, 0.3) is 0 Å². The Bertz CT molecular complexity index is 716. The highest BCUT2D eigenvalue weighted by atomic mass is 16.5. The number of rotatable bonds is 3. The van der Waals surface area contributed by atoms with Gasteiger partial charge in [0.2, 0.25) is 0 Å². The molecule has 5 heteroatoms. The molecule has 1 aromatic carbocycles. The number of likely N-dealkylation sites (N-methyl/N-ethyl adjacent to an activating group) is 1. The van der Waals surface area contributed by atoms with Crippen LogP contribution in [0.3, 0.4) is 0 Å². The first-order valence-electron chi connectivity index (χ1n) is 8.94. The van der Waals surface area contributed by atoms with Crippen molar-refractivity contribution in [1.29, 1.82) is 0 Å². The second-order valence-electron chi connectivity index (χ2n) is 7.46. The summed E-state index contributed by atoms with van der Waals surface area (Å²) in [7, 11) is 7.26. The molecular weight excluding hydrogens is 318 g/mol. The number of benzene rings is 1. The van der Waals surface area contributed by atoms with Crippen LogP contribution in [0, 0.1) is 5.92 Å². The SMILES string of the molecule is COC1=CCC2C3Cc4ccc(OC)c(O)c4[C@]2(CCN3C)C1OC. The van der Waals surface area contributed by atoms with Crippen molar-refractivity contribution in [3.8, 4) is 11.5 Å². The molecule has 3 aliphatic rings. The lowest BCUT2D eigenvalue weighted by molar-refractivity contribution is -0.0755. The van der Waals surface area contributed by atoms with E-state index < -0.39 is 0 Å². The maximum absolute atomic E-state index is 11.1. The monoisotopic (exact) mass is 345 g/mol. The van der Waals surface area contributed by atoms with Crippen molar-refractivity contribution >= 4 is 0 Å². The van der Waals surface area contributed by atoms with Gasteiger partial charge in [0.1, 0.15) is 11.9 Å². The Hall–Kier alpha value is -1.72. The minimum atomic E-state index is -0.280. The number of hydrogen-bond donors (Lipinski definition) is 1. The van der Waals surface area contributed by atoms with Crippen LogP contribution in [0.2, 0.25) is 0 Å². The molecule has 0 saturated carbocycles. The summed E-state index contributed by atoms with van der Waals surface area (Å²) in [6.45, 7) is 0.980. The molecule has 1 aliphatic heterocycles. The Labute approximate surface area is 149 Å². The first-order chi connectivity index (χ1) is 12.1. The van der Waals surface area contributed by atoms with Gasteiger partial charge < -0.3 is 24.2 Å². The summed E-state index contributed by atoms with van der Waals surface area (Å²) in [5.41, 5.74) is 1.93. The summed E-state index contributed by atoms with van der Waals surface area (Å²) in [6, 6.07) is 4.43. The van der Waals surface area contributed by atoms with Crippen LogP contribution in [0.15, 0.2) is 24.0 Å². The summed E-state index contributed by atoms with van der Waals surface area (Å²) >= 11 is 0. The molecule has 1 fully saturated rings. The zero-order valence-corrected chi connectivity index (χ0v) is 15.4. The van der Waals surface area contributed by atoms with Crippen molar-refractivity contribution in [3.63, 3.8) is 0 Å². The number of likely N-dealkylation sites (tertiary alicyclic amines) is 1. The molecule has 2 aliphatic carbocycles. The fourth-order valence-corrected chi connectivity index (χ4v) is 5.61. The van der Waals surface area contributed by atoms with E-state index in [2.05, 4.69) is 24.1 Å². The van der Waals surface area contributed by atoms with Gasteiger partial charge in [-0.3, -0.25) is 0 Å². The number of methoxy groups -OCH3 is 3. The minimum Gasteiger partial charge on any atom is -0.504 e. The lowest BCUT2D eigenvalue weighted by Gasteiger charge is -2.59. The largest absolute Gasteiger partial charge is 0.504 e. The second kappa shape index (κ2) is 5.92. The molecular formula is C20H27NO4. The molecule has 1 heterocycles. The van der Waals surface area contributed by atoms with Crippen LogP contribution in [0.5, 0.6) is 11.5 Å². The average Bonchev–Trinajstić information content (AvgIpc) is 2.63. The van der Waals surface area contributed by atoms with Crippen molar-refractivity contribution in [2.75, 3.05) is 34.9 Å². The van der Waals surface area contributed by atoms with Crippen LogP contribution in [-0.2, 0) is 21.3 Å². The number of nitrogens with zero attached hydrogens (tertiary/aromatic N) is 1. The van der Waals surface area contributed by atoms with Crippen LogP contribution in [0.1, 0.15) is 24.0 Å². The van der Waals surface area contributed by atoms with Crippen LogP contribution >= 0.6 is 0 Å². The van der Waals surface area contributed by atoms with Crippen LogP contribution in [-0.4, -0.2) is 57.1 Å². The standard InChI is InChI=1S/C20H27NO4/c1-21-10-9-20-13(6-8-16(24-3)19(20)25-4)14(21)11-12-5-7-15(23-2)18(22)17(12)20/h5,7-8,13-14,19,22H,6,9-11H2,1-4H3/t13?,14?,19?,20-/m1/s1. The first kappa shape index (κ1) is 16.7. The topological polar surface area (TPSA) is 51.2 Å². The van der Waals surface area contributed by atoms with E-state index in [0.29, 0.717) is 17.7 Å². The number of phenols is 1. The lowest BCUT2D eigenvalue weighted by atomic mass is 9.52. The van der Waals surface area contributed by atoms with E-state index in [9.17, 15) is 5.11 Å². The van der Waals surface area contributed by atoms with E-state index in [0.717, 1.165) is 37.1 Å². The zero-order valence-electron chi connectivity index (χ0n) is 15.4. The van der Waals surface area contributed by atoms with Gasteiger partial charge in [-0.2, -0.15) is 0 Å². The molecule has 1 aromatic rings. The van der Waals surface area contributed by atoms with Gasteiger partial charge >= 0.3 is 0 Å². The Kier molecular flexibility index (Phi) is 3.96. The predicted molar refractivity (Wildman–Crippen MR) is 95.1 cm³/mol. The van der Waals surface area contributed by atoms with Gasteiger partial charge in [-0.15, -0.1) is 0 Å². The van der Waals surface area contributed by atoms with Gasteiger partial charge in [0, 0.05) is 24.1 Å². The number of hydrogen-bond acceptors (Lipinski definition) is 5. The summed E-state index contributed by atoms with van der Waals surface area (Å²) in [5.74, 6) is 2.07. The molecule has 136 valence electrons. The summed E-state index contributed by atoms with van der Waals surface area (Å²) in [4.78, 5) is 2.46. The molecule has 3 unspecified atom stereocenters. The summed E-state index contributed by atoms with van der Waals surface area (Å²) < 4.78 is 17.1. The number of ether oxygens (including phenoxy) is 3. The quantitative estimate of drug-likeness (QED) is 0.912. The van der Waals surface area contributed by atoms with Gasteiger partial charge in [0.15, 0.2) is 11.5 Å². The molecule has 1 saturated heterocycles. The van der Waals surface area contributed by atoms with E-state index >= 15 is 0 Å². The smallest absolute Gasteiger partial charge is 0.161 e. The predicted octanol–water partition coefficient (Wildman–Crippen LogP) is 2.46. The second-order valence-corrected chi connectivity index (χ2v) is 7.46. The highest BCUT2D eigenvalue weighted by molar-refractivity contribution is 5.58. The van der Waals surface area contributed by atoms with Gasteiger partial charge in [0.05, 0.1) is 14.2 Å². The van der Waals surface area contributed by atoms with Crippen molar-refractivity contribution in [1.82, 2.24) is 4.90 Å². The van der Waals surface area contributed by atoms with Gasteiger partial charge in [0.25, 0.3) is 0 Å². The fraction of sp³-hybridized carbons (Fsp3) is 0.600. The Morgan fingerprint density at radius 3 is 2.68 bits per heavy atom. The highest BCUT2D eigenvalue weighted by Gasteiger charge is 2.60. The van der Waals surface area contributed by atoms with Gasteiger partial charge in [-0.25, -0.2) is 0 Å². The van der Waals surface area contributed by atoms with Crippen molar-refractivity contribution in [3.05, 3.63) is 35.1 Å². The fourth-order valence-electron chi connectivity index (χ4n) is 5.61. The van der Waals surface area contributed by atoms with Crippen molar-refractivity contribution in [2.45, 2.75) is 36.8 Å². The number of aromatic hydroxyl groups is 1. The van der Waals surface area contributed by atoms with E-state index in [-0.39, 0.29) is 17.3 Å². The maximum atomic E-state index is 11.1. The molecule has 5 nitrogen and oxygen atoms in total. The number of fused-ring (bicyclic) bond motifs is 1. The van der Waals surface area contributed by atoms with Crippen molar-refractivity contribution < 1.29 is 19.3 Å². The molecule has 0 spiro atoms. The number of piperidine rings is 1. The third kappa shape index (κ3) is 2.09. The summed E-state index contributed by atoms with van der Waals surface area (Å²) in [6.07, 6.45) is 4.80.